The molecule has 3 aromatic rings. The number of nitrogens with zero attached hydrogens (tertiary/aromatic N) is 4. The molecule has 0 saturated carbocycles. The molecule has 23 heavy (non-hydrogen) atoms. The van der Waals surface area contributed by atoms with E-state index in [-0.39, 0.29) is 10.0 Å². The molecule has 10 heteroatoms. The third kappa shape index (κ3) is 3.22. The van der Waals surface area contributed by atoms with Gasteiger partial charge in [0.1, 0.15) is 6.20 Å². The average Bonchev–Trinajstić information content (AvgIpc) is 2.52. The van der Waals surface area contributed by atoms with Crippen LogP contribution in [0.25, 0.3) is 5.69 Å². The van der Waals surface area contributed by atoms with Crippen LogP contribution in [-0.2, 0) is 0 Å². The van der Waals surface area contributed by atoms with Crippen molar-refractivity contribution < 1.29 is 0 Å². The Hall–Kier alpha value is -2.71. The Labute approximate surface area is 138 Å². The Bertz CT molecular complexity index is 947. The summed E-state index contributed by atoms with van der Waals surface area (Å²) in [6.45, 7) is 0. The van der Waals surface area contributed by atoms with Crippen molar-refractivity contribution in [2.24, 2.45) is 0 Å². The lowest BCUT2D eigenvalue weighted by Gasteiger charge is -2.11. The van der Waals surface area contributed by atoms with E-state index in [0.29, 0.717) is 17.3 Å². The lowest BCUT2D eigenvalue weighted by Crippen LogP contribution is -2.30. The monoisotopic (exact) mass is 350 g/mol. The van der Waals surface area contributed by atoms with E-state index in [1.807, 2.05) is 0 Å². The molecule has 0 aliphatic heterocycles. The Morgan fingerprint density at radius 2 is 1.74 bits per heavy atom. The molecule has 0 spiro atoms. The second kappa shape index (κ2) is 6.19. The molecule has 0 amide bonds. The van der Waals surface area contributed by atoms with Gasteiger partial charge in [0.15, 0.2) is 0 Å². The first kappa shape index (κ1) is 15.2. The number of anilines is 2. The van der Waals surface area contributed by atoms with Gasteiger partial charge in [-0.1, -0.05) is 23.2 Å². The number of aromatic nitrogens is 5. The molecule has 0 fully saturated rings. The number of H-pyrrole nitrogens is 1. The molecule has 0 atom stereocenters. The SMILES string of the molecule is O=c1cnn(-c2cc(Cl)c(Nc3ncccn3)c(Cl)c2)c(=O)[nH]1. The van der Waals surface area contributed by atoms with Crippen LogP contribution in [0.5, 0.6) is 0 Å². The summed E-state index contributed by atoms with van der Waals surface area (Å²) >= 11 is 12.4. The normalized spacial score (nSPS) is 10.5. The van der Waals surface area contributed by atoms with Crippen LogP contribution in [0.3, 0.4) is 0 Å². The molecule has 2 N–H and O–H groups in total. The number of hydrogen-bond donors (Lipinski definition) is 2. The minimum Gasteiger partial charge on any atom is -0.322 e. The van der Waals surface area contributed by atoms with Crippen LogP contribution in [0.2, 0.25) is 10.0 Å². The maximum atomic E-state index is 11.8. The van der Waals surface area contributed by atoms with Gasteiger partial charge in [-0.2, -0.15) is 9.78 Å². The first-order chi connectivity index (χ1) is 11.0. The summed E-state index contributed by atoms with van der Waals surface area (Å²) in [6.07, 6.45) is 4.11. The minimum atomic E-state index is -0.697. The van der Waals surface area contributed by atoms with Gasteiger partial charge >= 0.3 is 5.69 Å². The van der Waals surface area contributed by atoms with Crippen molar-refractivity contribution in [3.05, 3.63) is 67.7 Å². The van der Waals surface area contributed by atoms with Gasteiger partial charge in [0.25, 0.3) is 5.56 Å². The van der Waals surface area contributed by atoms with Gasteiger partial charge in [0.2, 0.25) is 5.95 Å². The highest BCUT2D eigenvalue weighted by Crippen LogP contribution is 2.34. The quantitative estimate of drug-likeness (QED) is 0.745. The highest BCUT2D eigenvalue weighted by Gasteiger charge is 2.12. The second-order valence-corrected chi connectivity index (χ2v) is 5.15. The highest BCUT2D eigenvalue weighted by molar-refractivity contribution is 6.39. The molecule has 0 aliphatic rings. The van der Waals surface area contributed by atoms with Crippen molar-refractivity contribution in [2.45, 2.75) is 0 Å². The molecule has 3 rings (SSSR count). The molecular weight excluding hydrogens is 343 g/mol. The molecule has 0 unspecified atom stereocenters. The van der Waals surface area contributed by atoms with Crippen molar-refractivity contribution in [2.75, 3.05) is 5.32 Å². The van der Waals surface area contributed by atoms with Gasteiger partial charge in [0, 0.05) is 12.4 Å². The lowest BCUT2D eigenvalue weighted by atomic mass is 10.2. The predicted molar refractivity (Wildman–Crippen MR) is 85.8 cm³/mol. The van der Waals surface area contributed by atoms with Crippen LogP contribution < -0.4 is 16.6 Å². The molecule has 0 aliphatic carbocycles. The number of aromatic amines is 1. The Morgan fingerprint density at radius 1 is 1.09 bits per heavy atom. The van der Waals surface area contributed by atoms with Gasteiger partial charge in [-0.25, -0.2) is 14.8 Å². The largest absolute Gasteiger partial charge is 0.349 e. The molecular formula is C13H8Cl2N6O2. The van der Waals surface area contributed by atoms with Crippen molar-refractivity contribution >= 4 is 34.8 Å². The summed E-state index contributed by atoms with van der Waals surface area (Å²) in [7, 11) is 0. The minimum absolute atomic E-state index is 0.236. The summed E-state index contributed by atoms with van der Waals surface area (Å²) in [5.41, 5.74) is -0.596. The summed E-state index contributed by atoms with van der Waals surface area (Å²) < 4.78 is 0.974. The summed E-state index contributed by atoms with van der Waals surface area (Å²) in [5, 5.41) is 7.11. The fourth-order valence-electron chi connectivity index (χ4n) is 1.81. The van der Waals surface area contributed by atoms with Gasteiger partial charge in [-0.05, 0) is 18.2 Å². The number of rotatable bonds is 3. The zero-order chi connectivity index (χ0) is 16.4. The van der Waals surface area contributed by atoms with E-state index in [4.69, 9.17) is 23.2 Å². The lowest BCUT2D eigenvalue weighted by molar-refractivity contribution is 0.750. The van der Waals surface area contributed by atoms with Crippen LogP contribution in [-0.4, -0.2) is 24.7 Å². The third-order valence-electron chi connectivity index (χ3n) is 2.79. The van der Waals surface area contributed by atoms with Crippen LogP contribution in [0.1, 0.15) is 0 Å². The topological polar surface area (TPSA) is 106 Å². The average molecular weight is 351 g/mol. The molecule has 0 radical (unpaired) electrons. The van der Waals surface area contributed by atoms with Crippen molar-refractivity contribution in [1.82, 2.24) is 24.7 Å². The third-order valence-corrected chi connectivity index (χ3v) is 3.38. The Kier molecular flexibility index (Phi) is 4.09. The fourth-order valence-corrected chi connectivity index (χ4v) is 2.38. The van der Waals surface area contributed by atoms with Crippen LogP contribution >= 0.6 is 23.2 Å². The summed E-state index contributed by atoms with van der Waals surface area (Å²) in [4.78, 5) is 32.9. The zero-order valence-electron chi connectivity index (χ0n) is 11.3. The second-order valence-electron chi connectivity index (χ2n) is 4.33. The first-order valence-electron chi connectivity index (χ1n) is 6.27. The van der Waals surface area contributed by atoms with E-state index in [0.717, 1.165) is 10.9 Å². The maximum absolute atomic E-state index is 11.8. The standard InChI is InChI=1S/C13H8Cl2N6O2/c14-8-4-7(21-13(23)19-10(22)6-18-21)5-9(15)11(8)20-12-16-2-1-3-17-12/h1-6H,(H,16,17,20)(H,19,22,23). The van der Waals surface area contributed by atoms with Gasteiger partial charge in [-0.15, -0.1) is 0 Å². The summed E-state index contributed by atoms with van der Waals surface area (Å²) in [5.74, 6) is 0.323. The Morgan fingerprint density at radius 3 is 2.35 bits per heavy atom. The molecule has 0 bridgehead atoms. The number of halogens is 2. The Balaban J connectivity index is 2.04. The van der Waals surface area contributed by atoms with E-state index in [9.17, 15) is 9.59 Å². The van der Waals surface area contributed by atoms with E-state index in [2.05, 4.69) is 25.4 Å². The van der Waals surface area contributed by atoms with E-state index < -0.39 is 11.2 Å². The van der Waals surface area contributed by atoms with E-state index >= 15 is 0 Å². The number of nitrogens with one attached hydrogen (secondary N) is 2. The van der Waals surface area contributed by atoms with Gasteiger partial charge < -0.3 is 5.32 Å². The van der Waals surface area contributed by atoms with E-state index in [1.165, 1.54) is 12.1 Å². The van der Waals surface area contributed by atoms with Crippen molar-refractivity contribution in [3.8, 4) is 5.69 Å². The predicted octanol–water partition coefficient (Wildman–Crippen LogP) is 1.76. The smallest absolute Gasteiger partial charge is 0.322 e. The van der Waals surface area contributed by atoms with Crippen LogP contribution in [0.15, 0.2) is 46.4 Å². The molecule has 116 valence electrons. The maximum Gasteiger partial charge on any atom is 0.349 e. The van der Waals surface area contributed by atoms with Crippen molar-refractivity contribution in [1.29, 1.82) is 0 Å². The molecule has 2 heterocycles. The van der Waals surface area contributed by atoms with Crippen LogP contribution in [0.4, 0.5) is 11.6 Å². The molecule has 2 aromatic heterocycles. The number of hydrogen-bond acceptors (Lipinski definition) is 6. The molecule has 8 nitrogen and oxygen atoms in total. The zero-order valence-corrected chi connectivity index (χ0v) is 12.8. The van der Waals surface area contributed by atoms with Gasteiger partial charge in [0.05, 0.1) is 21.4 Å². The first-order valence-corrected chi connectivity index (χ1v) is 7.02. The molecule has 1 aromatic carbocycles. The number of benzene rings is 1. The molecule has 0 saturated heterocycles. The van der Waals surface area contributed by atoms with Crippen LogP contribution in [0, 0.1) is 0 Å². The summed E-state index contributed by atoms with van der Waals surface area (Å²) in [6, 6.07) is 4.63. The van der Waals surface area contributed by atoms with Crippen molar-refractivity contribution in [3.63, 3.8) is 0 Å². The van der Waals surface area contributed by atoms with Gasteiger partial charge in [-0.3, -0.25) is 9.78 Å². The fraction of sp³-hybridized carbons (Fsp3) is 0. The van der Waals surface area contributed by atoms with E-state index in [1.54, 1.807) is 18.5 Å². The highest BCUT2D eigenvalue weighted by atomic mass is 35.5.